The lowest BCUT2D eigenvalue weighted by Crippen LogP contribution is -2.51. The van der Waals surface area contributed by atoms with Crippen molar-refractivity contribution in [2.75, 3.05) is 19.8 Å². The second-order valence-corrected chi connectivity index (χ2v) is 8.13. The number of fused-ring (bicyclic) bond motifs is 1. The summed E-state index contributed by atoms with van der Waals surface area (Å²) in [6, 6.07) is 5.59. The van der Waals surface area contributed by atoms with Gasteiger partial charge >= 0.3 is 0 Å². The van der Waals surface area contributed by atoms with E-state index < -0.39 is 0 Å². The van der Waals surface area contributed by atoms with Crippen molar-refractivity contribution in [2.45, 2.75) is 45.2 Å². The molecular weight excluding hydrogens is 346 g/mol. The van der Waals surface area contributed by atoms with E-state index >= 15 is 0 Å². The van der Waals surface area contributed by atoms with Gasteiger partial charge in [-0.15, -0.1) is 0 Å². The summed E-state index contributed by atoms with van der Waals surface area (Å²) < 4.78 is 11.6. The van der Waals surface area contributed by atoms with Crippen LogP contribution in [-0.4, -0.2) is 47.7 Å². The molecule has 3 aliphatic rings. The van der Waals surface area contributed by atoms with E-state index in [0.29, 0.717) is 43.6 Å². The van der Waals surface area contributed by atoms with Crippen LogP contribution in [0.4, 0.5) is 0 Å². The standard InChI is InChI=1S/C20H27N3O4/c1-20(6-8-26-9-7-20)19(24)23-11-15-5-4-14(18(21)22-25)10-17(15)27-12-16(23)13-2-3-13/h4-5,10,13,16,25H,2-3,6-9,11-12H2,1H3,(H2,21,22)/t16-/m1/s1. The van der Waals surface area contributed by atoms with E-state index in [4.69, 9.17) is 20.4 Å². The SMILES string of the molecule is CC1(C(=O)N2Cc3ccc(C(N)=NO)cc3OC[C@@H]2C2CC2)CCOCC1. The van der Waals surface area contributed by atoms with Crippen LogP contribution in [0.15, 0.2) is 23.4 Å². The molecule has 1 aliphatic carbocycles. The van der Waals surface area contributed by atoms with Gasteiger partial charge in [0, 0.05) is 30.9 Å². The molecule has 0 unspecified atom stereocenters. The Morgan fingerprint density at radius 2 is 2.07 bits per heavy atom. The first-order valence-electron chi connectivity index (χ1n) is 9.64. The zero-order valence-electron chi connectivity index (χ0n) is 15.7. The number of hydrogen-bond donors (Lipinski definition) is 2. The molecule has 0 aromatic heterocycles. The van der Waals surface area contributed by atoms with E-state index in [0.717, 1.165) is 31.2 Å². The molecule has 0 bridgehead atoms. The van der Waals surface area contributed by atoms with E-state index in [1.54, 1.807) is 12.1 Å². The lowest BCUT2D eigenvalue weighted by molar-refractivity contribution is -0.150. The Hall–Kier alpha value is -2.28. The second-order valence-electron chi connectivity index (χ2n) is 8.13. The molecule has 2 heterocycles. The Balaban J connectivity index is 1.64. The van der Waals surface area contributed by atoms with Gasteiger partial charge in [-0.2, -0.15) is 0 Å². The number of carbonyl (C=O) groups is 1. The van der Waals surface area contributed by atoms with Crippen molar-refractivity contribution in [3.63, 3.8) is 0 Å². The quantitative estimate of drug-likeness (QED) is 0.366. The molecular formula is C20H27N3O4. The second kappa shape index (κ2) is 7.03. The van der Waals surface area contributed by atoms with E-state index in [1.165, 1.54) is 0 Å². The number of rotatable bonds is 3. The first-order chi connectivity index (χ1) is 13.0. The van der Waals surface area contributed by atoms with E-state index in [2.05, 4.69) is 12.1 Å². The van der Waals surface area contributed by atoms with Gasteiger partial charge in [-0.3, -0.25) is 4.79 Å². The van der Waals surface area contributed by atoms with Crippen molar-refractivity contribution in [2.24, 2.45) is 22.2 Å². The van der Waals surface area contributed by atoms with E-state index in [9.17, 15) is 4.79 Å². The number of hydrogen-bond acceptors (Lipinski definition) is 5. The lowest BCUT2D eigenvalue weighted by atomic mass is 9.80. The molecule has 27 heavy (non-hydrogen) atoms. The molecule has 4 rings (SSSR count). The smallest absolute Gasteiger partial charge is 0.229 e. The number of ether oxygens (including phenoxy) is 2. The summed E-state index contributed by atoms with van der Waals surface area (Å²) in [7, 11) is 0. The van der Waals surface area contributed by atoms with Crippen molar-refractivity contribution < 1.29 is 19.5 Å². The minimum atomic E-state index is -0.371. The van der Waals surface area contributed by atoms with Gasteiger partial charge in [0.05, 0.1) is 11.5 Å². The van der Waals surface area contributed by atoms with Crippen LogP contribution in [-0.2, 0) is 16.1 Å². The van der Waals surface area contributed by atoms with Crippen molar-refractivity contribution in [3.8, 4) is 5.75 Å². The number of amidine groups is 1. The first kappa shape index (κ1) is 18.1. The molecule has 1 atom stereocenters. The summed E-state index contributed by atoms with van der Waals surface area (Å²) >= 11 is 0. The number of carbonyl (C=O) groups excluding carboxylic acids is 1. The summed E-state index contributed by atoms with van der Waals surface area (Å²) in [4.78, 5) is 15.6. The molecule has 1 saturated carbocycles. The number of nitrogens with zero attached hydrogens (tertiary/aromatic N) is 2. The Bertz CT molecular complexity index is 754. The Kier molecular flexibility index (Phi) is 4.72. The molecule has 0 radical (unpaired) electrons. The molecule has 146 valence electrons. The van der Waals surface area contributed by atoms with Crippen molar-refractivity contribution in [3.05, 3.63) is 29.3 Å². The van der Waals surface area contributed by atoms with Crippen molar-refractivity contribution >= 4 is 11.7 Å². The molecule has 2 aliphatic heterocycles. The van der Waals surface area contributed by atoms with Crippen LogP contribution >= 0.6 is 0 Å². The molecule has 0 spiro atoms. The van der Waals surface area contributed by atoms with Gasteiger partial charge in [-0.05, 0) is 37.7 Å². The summed E-state index contributed by atoms with van der Waals surface area (Å²) in [6.45, 7) is 4.36. The zero-order valence-corrected chi connectivity index (χ0v) is 15.7. The molecule has 1 amide bonds. The topological polar surface area (TPSA) is 97.4 Å². The van der Waals surface area contributed by atoms with Gasteiger partial charge in [0.2, 0.25) is 5.91 Å². The zero-order chi connectivity index (χ0) is 19.0. The number of benzene rings is 1. The molecule has 1 saturated heterocycles. The number of oxime groups is 1. The average Bonchev–Trinajstić information content (AvgIpc) is 3.52. The normalized spacial score (nSPS) is 25.3. The highest BCUT2D eigenvalue weighted by molar-refractivity contribution is 5.97. The van der Waals surface area contributed by atoms with Crippen LogP contribution < -0.4 is 10.5 Å². The fraction of sp³-hybridized carbons (Fsp3) is 0.600. The van der Waals surface area contributed by atoms with Crippen LogP contribution in [0.3, 0.4) is 0 Å². The fourth-order valence-electron chi connectivity index (χ4n) is 4.08. The molecule has 2 fully saturated rings. The monoisotopic (exact) mass is 373 g/mol. The molecule has 1 aromatic carbocycles. The van der Waals surface area contributed by atoms with Crippen LogP contribution in [0, 0.1) is 11.3 Å². The van der Waals surface area contributed by atoms with Crippen LogP contribution in [0.1, 0.15) is 43.7 Å². The Morgan fingerprint density at radius 1 is 1.33 bits per heavy atom. The maximum absolute atomic E-state index is 13.5. The van der Waals surface area contributed by atoms with Gasteiger partial charge in [0.25, 0.3) is 0 Å². The van der Waals surface area contributed by atoms with Gasteiger partial charge in [0.15, 0.2) is 5.84 Å². The minimum Gasteiger partial charge on any atom is -0.491 e. The third kappa shape index (κ3) is 3.48. The van der Waals surface area contributed by atoms with Crippen LogP contribution in [0.5, 0.6) is 5.75 Å². The number of amides is 1. The number of nitrogens with two attached hydrogens (primary N) is 1. The van der Waals surface area contributed by atoms with Crippen molar-refractivity contribution in [1.29, 1.82) is 0 Å². The van der Waals surface area contributed by atoms with Gasteiger partial charge in [0.1, 0.15) is 12.4 Å². The third-order valence-electron chi connectivity index (χ3n) is 6.16. The lowest BCUT2D eigenvalue weighted by Gasteiger charge is -2.39. The van der Waals surface area contributed by atoms with Crippen LogP contribution in [0.25, 0.3) is 0 Å². The maximum Gasteiger partial charge on any atom is 0.229 e. The predicted octanol–water partition coefficient (Wildman–Crippen LogP) is 2.10. The highest BCUT2D eigenvalue weighted by Gasteiger charge is 2.45. The van der Waals surface area contributed by atoms with Crippen molar-refractivity contribution in [1.82, 2.24) is 4.90 Å². The predicted molar refractivity (Wildman–Crippen MR) is 99.7 cm³/mol. The molecule has 3 N–H and O–H groups in total. The Morgan fingerprint density at radius 3 is 2.74 bits per heavy atom. The van der Waals surface area contributed by atoms with Gasteiger partial charge in [-0.1, -0.05) is 24.2 Å². The summed E-state index contributed by atoms with van der Waals surface area (Å²) in [6.07, 6.45) is 3.80. The van der Waals surface area contributed by atoms with Gasteiger partial charge < -0.3 is 25.3 Å². The van der Waals surface area contributed by atoms with E-state index in [-0.39, 0.29) is 23.2 Å². The maximum atomic E-state index is 13.5. The average molecular weight is 373 g/mol. The summed E-state index contributed by atoms with van der Waals surface area (Å²) in [5, 5.41) is 12.0. The molecule has 1 aromatic rings. The minimum absolute atomic E-state index is 0.0482. The highest BCUT2D eigenvalue weighted by Crippen LogP contribution is 2.42. The first-order valence-corrected chi connectivity index (χ1v) is 9.64. The van der Waals surface area contributed by atoms with Gasteiger partial charge in [-0.25, -0.2) is 0 Å². The van der Waals surface area contributed by atoms with E-state index in [1.807, 2.05) is 11.0 Å². The largest absolute Gasteiger partial charge is 0.491 e. The highest BCUT2D eigenvalue weighted by atomic mass is 16.5. The summed E-state index contributed by atoms with van der Waals surface area (Å²) in [5.74, 6) is 1.47. The molecule has 7 heteroatoms. The fourth-order valence-corrected chi connectivity index (χ4v) is 4.08. The molecule has 7 nitrogen and oxygen atoms in total. The third-order valence-corrected chi connectivity index (χ3v) is 6.16. The summed E-state index contributed by atoms with van der Waals surface area (Å²) in [5.41, 5.74) is 6.90. The van der Waals surface area contributed by atoms with Crippen LogP contribution in [0.2, 0.25) is 0 Å². The Labute approximate surface area is 159 Å².